The molecule has 3 heterocycles. The molecule has 3 aromatic rings. The Morgan fingerprint density at radius 1 is 1.21 bits per heavy atom. The zero-order valence-electron chi connectivity index (χ0n) is 18.2. The van der Waals surface area contributed by atoms with Gasteiger partial charge in [-0.2, -0.15) is 19.6 Å². The van der Waals surface area contributed by atoms with Crippen molar-refractivity contribution in [2.75, 3.05) is 25.0 Å². The number of halogens is 3. The van der Waals surface area contributed by atoms with E-state index < -0.39 is 11.6 Å². The average molecular weight is 475 g/mol. The van der Waals surface area contributed by atoms with E-state index in [-0.39, 0.29) is 33.8 Å². The number of nitrogens with one attached hydrogen (secondary N) is 2. The van der Waals surface area contributed by atoms with Crippen LogP contribution in [0, 0.1) is 35.3 Å². The Kier molecular flexibility index (Phi) is 5.14. The number of anilines is 1. The maximum absolute atomic E-state index is 15.3. The number of nitrogens with zero attached hydrogens (tertiary/aromatic N) is 4. The highest BCUT2D eigenvalue weighted by atomic mass is 35.5. The van der Waals surface area contributed by atoms with E-state index in [1.807, 2.05) is 0 Å². The first-order valence-electron chi connectivity index (χ1n) is 11.5. The number of fused-ring (bicyclic) bond motifs is 2. The van der Waals surface area contributed by atoms with Gasteiger partial charge in [0.15, 0.2) is 0 Å². The lowest BCUT2D eigenvalue weighted by molar-refractivity contribution is 0.278. The third-order valence-electron chi connectivity index (χ3n) is 7.58. The molecule has 2 N–H and O–H groups in total. The van der Waals surface area contributed by atoms with Gasteiger partial charge < -0.3 is 15.4 Å². The molecule has 7 nitrogen and oxygen atoms in total. The van der Waals surface area contributed by atoms with Gasteiger partial charge in [-0.1, -0.05) is 18.0 Å². The molecular weight excluding hydrogens is 450 g/mol. The molecule has 3 fully saturated rings. The first kappa shape index (κ1) is 21.0. The number of benzene rings is 1. The van der Waals surface area contributed by atoms with Crippen molar-refractivity contribution in [3.63, 3.8) is 0 Å². The highest BCUT2D eigenvalue weighted by Gasteiger charge is 2.53. The van der Waals surface area contributed by atoms with E-state index in [4.69, 9.17) is 16.3 Å². The zero-order chi connectivity index (χ0) is 22.7. The van der Waals surface area contributed by atoms with Crippen LogP contribution < -0.4 is 15.4 Å². The fraction of sp³-hybridized carbons (Fsp3) is 0.522. The summed E-state index contributed by atoms with van der Waals surface area (Å²) in [5, 5.41) is 10.9. The molecule has 1 aromatic carbocycles. The Hall–Kier alpha value is -2.52. The Bertz CT molecular complexity index is 1180. The molecule has 174 valence electrons. The van der Waals surface area contributed by atoms with Gasteiger partial charge in [0, 0.05) is 24.1 Å². The molecule has 10 heteroatoms. The van der Waals surface area contributed by atoms with Crippen LogP contribution in [-0.2, 0) is 0 Å². The van der Waals surface area contributed by atoms with Gasteiger partial charge in [-0.3, -0.25) is 0 Å². The van der Waals surface area contributed by atoms with Gasteiger partial charge in [0.25, 0.3) is 5.78 Å². The Labute approximate surface area is 194 Å². The summed E-state index contributed by atoms with van der Waals surface area (Å²) in [6, 6.07) is 2.51. The summed E-state index contributed by atoms with van der Waals surface area (Å²) in [5.41, 5.74) is -0.127. The lowest BCUT2D eigenvalue weighted by atomic mass is 9.80. The lowest BCUT2D eigenvalue weighted by Gasteiger charge is -2.33. The topological polar surface area (TPSA) is 76.4 Å². The molecular formula is C23H25ClF2N6O. The number of ether oxygens (including phenoxy) is 1. The quantitative estimate of drug-likeness (QED) is 0.501. The Morgan fingerprint density at radius 3 is 2.61 bits per heavy atom. The SMILES string of the molecule is C[C@@H](Nc1c(-c2c(F)cc(OCC3[C@H]4CNC[C@@H]34)cc2F)c(Cl)nc2ncnn12)C1CCC1. The molecule has 1 saturated heterocycles. The minimum atomic E-state index is -0.759. The fourth-order valence-corrected chi connectivity index (χ4v) is 5.56. The first-order valence-corrected chi connectivity index (χ1v) is 11.9. The van der Waals surface area contributed by atoms with Crippen LogP contribution in [0.5, 0.6) is 5.75 Å². The van der Waals surface area contributed by atoms with Crippen LogP contribution in [0.4, 0.5) is 14.6 Å². The van der Waals surface area contributed by atoms with Crippen molar-refractivity contribution in [3.05, 3.63) is 35.2 Å². The van der Waals surface area contributed by atoms with E-state index in [1.54, 1.807) is 0 Å². The van der Waals surface area contributed by atoms with E-state index in [9.17, 15) is 0 Å². The van der Waals surface area contributed by atoms with Gasteiger partial charge >= 0.3 is 0 Å². The summed E-state index contributed by atoms with van der Waals surface area (Å²) in [7, 11) is 0. The second-order valence-electron chi connectivity index (χ2n) is 9.44. The normalized spacial score (nSPS) is 25.0. The van der Waals surface area contributed by atoms with Crippen LogP contribution >= 0.6 is 11.6 Å². The second-order valence-corrected chi connectivity index (χ2v) is 9.80. The van der Waals surface area contributed by atoms with Crippen molar-refractivity contribution >= 4 is 23.2 Å². The fourth-order valence-electron chi connectivity index (χ4n) is 5.30. The number of piperidine rings is 1. The van der Waals surface area contributed by atoms with Crippen molar-refractivity contribution in [1.82, 2.24) is 24.9 Å². The summed E-state index contributed by atoms with van der Waals surface area (Å²) in [5.74, 6) is 1.46. The standard InChI is InChI=1S/C23H25ClF2N6O/c1-11(12-3-2-4-12)30-22-20(21(24)31-23-28-10-29-32(22)23)19-17(25)5-13(6-18(19)26)33-9-16-14-7-27-8-15(14)16/h5-6,10-12,14-16,27,30H,2-4,7-9H2,1H3/t11-,14-,15+,16?/m1/s1. The van der Waals surface area contributed by atoms with Crippen LogP contribution in [0.2, 0.25) is 5.15 Å². The number of aromatic nitrogens is 4. The van der Waals surface area contributed by atoms with Gasteiger partial charge in [0.1, 0.15) is 34.7 Å². The van der Waals surface area contributed by atoms with E-state index in [0.717, 1.165) is 25.9 Å². The maximum atomic E-state index is 15.3. The van der Waals surface area contributed by atoms with Crippen molar-refractivity contribution in [3.8, 4) is 16.9 Å². The molecule has 2 aliphatic carbocycles. The zero-order valence-corrected chi connectivity index (χ0v) is 18.9. The highest BCUT2D eigenvalue weighted by Crippen LogP contribution is 2.49. The predicted octanol–water partition coefficient (Wildman–Crippen LogP) is 4.17. The molecule has 1 unspecified atom stereocenters. The molecule has 6 rings (SSSR count). The third kappa shape index (κ3) is 3.61. The third-order valence-corrected chi connectivity index (χ3v) is 7.85. The van der Waals surface area contributed by atoms with E-state index in [1.165, 1.54) is 29.4 Å². The summed E-state index contributed by atoms with van der Waals surface area (Å²) < 4.78 is 37.9. The van der Waals surface area contributed by atoms with Gasteiger partial charge in [-0.25, -0.2) is 8.78 Å². The van der Waals surface area contributed by atoms with Crippen molar-refractivity contribution in [1.29, 1.82) is 0 Å². The number of hydrogen-bond donors (Lipinski definition) is 2. The molecule has 3 aliphatic rings. The summed E-state index contributed by atoms with van der Waals surface area (Å²) in [6.07, 6.45) is 4.74. The van der Waals surface area contributed by atoms with E-state index >= 15 is 8.78 Å². The molecule has 4 atom stereocenters. The molecule has 1 aliphatic heterocycles. The van der Waals surface area contributed by atoms with E-state index in [2.05, 4.69) is 32.6 Å². The number of rotatable bonds is 7. The van der Waals surface area contributed by atoms with Crippen molar-refractivity contribution in [2.45, 2.75) is 32.2 Å². The summed E-state index contributed by atoms with van der Waals surface area (Å²) in [6.45, 7) is 4.50. The first-order chi connectivity index (χ1) is 16.0. The Morgan fingerprint density at radius 2 is 1.94 bits per heavy atom. The van der Waals surface area contributed by atoms with Gasteiger partial charge in [0.2, 0.25) is 0 Å². The summed E-state index contributed by atoms with van der Waals surface area (Å²) >= 11 is 6.46. The van der Waals surface area contributed by atoms with Crippen LogP contribution in [0.15, 0.2) is 18.5 Å². The second kappa shape index (κ2) is 8.06. The molecule has 0 radical (unpaired) electrons. The van der Waals surface area contributed by atoms with Crippen LogP contribution in [0.1, 0.15) is 26.2 Å². The summed E-state index contributed by atoms with van der Waals surface area (Å²) in [4.78, 5) is 8.30. The Balaban J connectivity index is 1.34. The number of hydrogen-bond acceptors (Lipinski definition) is 6. The maximum Gasteiger partial charge on any atom is 0.255 e. The van der Waals surface area contributed by atoms with Gasteiger partial charge in [-0.05, 0) is 50.6 Å². The van der Waals surface area contributed by atoms with Crippen molar-refractivity contribution in [2.24, 2.45) is 23.7 Å². The van der Waals surface area contributed by atoms with Crippen LogP contribution in [0.25, 0.3) is 16.9 Å². The smallest absolute Gasteiger partial charge is 0.255 e. The molecule has 2 aromatic heterocycles. The lowest BCUT2D eigenvalue weighted by Crippen LogP contribution is -2.32. The predicted molar refractivity (Wildman–Crippen MR) is 120 cm³/mol. The minimum Gasteiger partial charge on any atom is -0.493 e. The molecule has 0 amide bonds. The largest absolute Gasteiger partial charge is 0.493 e. The molecule has 0 bridgehead atoms. The molecule has 0 spiro atoms. The molecule has 2 saturated carbocycles. The van der Waals surface area contributed by atoms with Crippen LogP contribution in [-0.4, -0.2) is 45.3 Å². The van der Waals surface area contributed by atoms with Gasteiger partial charge in [0.05, 0.1) is 17.7 Å². The van der Waals surface area contributed by atoms with Crippen molar-refractivity contribution < 1.29 is 13.5 Å². The average Bonchev–Trinajstić information content (AvgIpc) is 3.09. The van der Waals surface area contributed by atoms with Crippen LogP contribution in [0.3, 0.4) is 0 Å². The molecule has 33 heavy (non-hydrogen) atoms. The van der Waals surface area contributed by atoms with E-state index in [0.29, 0.717) is 36.1 Å². The monoisotopic (exact) mass is 474 g/mol. The minimum absolute atomic E-state index is 0.0383. The van der Waals surface area contributed by atoms with Gasteiger partial charge in [-0.15, -0.1) is 0 Å². The highest BCUT2D eigenvalue weighted by molar-refractivity contribution is 6.33.